The van der Waals surface area contributed by atoms with Crippen molar-refractivity contribution in [3.8, 4) is 0 Å². The molecule has 0 unspecified atom stereocenters. The Morgan fingerprint density at radius 2 is 1.42 bits per heavy atom. The SMILES string of the molecule is [Li][CH2]/C(C)=C/CN(CCCCCC)CCCCCC. The van der Waals surface area contributed by atoms with Crippen molar-refractivity contribution in [2.45, 2.75) is 77.2 Å². The van der Waals surface area contributed by atoms with Crippen molar-refractivity contribution >= 4 is 17.7 Å². The van der Waals surface area contributed by atoms with Crippen molar-refractivity contribution < 1.29 is 0 Å². The Morgan fingerprint density at radius 1 is 0.895 bits per heavy atom. The molecule has 0 fully saturated rings. The van der Waals surface area contributed by atoms with E-state index in [1.54, 1.807) is 0 Å². The van der Waals surface area contributed by atoms with Crippen LogP contribution in [0.25, 0.3) is 0 Å². The quantitative estimate of drug-likeness (QED) is 0.256. The zero-order valence-electron chi connectivity index (χ0n) is 14.0. The predicted molar refractivity (Wildman–Crippen MR) is 89.0 cm³/mol. The summed E-state index contributed by atoms with van der Waals surface area (Å²) in [5.41, 5.74) is 1.53. The third-order valence-electron chi connectivity index (χ3n) is 3.91. The predicted octanol–water partition coefficient (Wildman–Crippen LogP) is 4.98. The number of hydrogen-bond acceptors (Lipinski definition) is 1. The summed E-state index contributed by atoms with van der Waals surface area (Å²) < 4.78 is 0. The van der Waals surface area contributed by atoms with Gasteiger partial charge in [-0.15, -0.1) is 0 Å². The van der Waals surface area contributed by atoms with Gasteiger partial charge in [-0.2, -0.15) is 0 Å². The van der Waals surface area contributed by atoms with Gasteiger partial charge < -0.3 is 0 Å². The van der Waals surface area contributed by atoms with E-state index >= 15 is 0 Å². The van der Waals surface area contributed by atoms with Crippen LogP contribution in [0.3, 0.4) is 0 Å². The van der Waals surface area contributed by atoms with E-state index in [2.05, 4.69) is 49.5 Å². The van der Waals surface area contributed by atoms with Crippen molar-refractivity contribution in [3.05, 3.63) is 11.6 Å². The topological polar surface area (TPSA) is 3.24 Å². The molecule has 0 N–H and O–H groups in total. The third kappa shape index (κ3) is 13.1. The molecule has 19 heavy (non-hydrogen) atoms. The minimum atomic E-state index is 1.16. The van der Waals surface area contributed by atoms with Crippen LogP contribution in [-0.2, 0) is 0 Å². The maximum absolute atomic E-state index is 2.66. The molecule has 0 radical (unpaired) electrons. The Kier molecular flexibility index (Phi) is 14.9. The second kappa shape index (κ2) is 14.7. The normalized spacial score (nSPS) is 12.4. The van der Waals surface area contributed by atoms with Gasteiger partial charge in [-0.1, -0.05) is 0 Å². The van der Waals surface area contributed by atoms with Crippen LogP contribution in [0.5, 0.6) is 0 Å². The van der Waals surface area contributed by atoms with Gasteiger partial charge in [0.25, 0.3) is 0 Å². The van der Waals surface area contributed by atoms with E-state index in [9.17, 15) is 0 Å². The second-order valence-electron chi connectivity index (χ2n) is 5.83. The summed E-state index contributed by atoms with van der Waals surface area (Å²) in [5.74, 6) is 0. The summed E-state index contributed by atoms with van der Waals surface area (Å²) in [6.07, 6.45) is 13.5. The third-order valence-corrected chi connectivity index (χ3v) is 3.91. The molecule has 0 aromatic heterocycles. The van der Waals surface area contributed by atoms with Crippen LogP contribution in [0.1, 0.15) is 72.1 Å². The molecular formula is C17H34LiN. The molecule has 0 aliphatic heterocycles. The van der Waals surface area contributed by atoms with Crippen molar-refractivity contribution in [2.24, 2.45) is 0 Å². The van der Waals surface area contributed by atoms with Crippen molar-refractivity contribution in [1.29, 1.82) is 0 Å². The molecule has 0 saturated carbocycles. The fraction of sp³-hybridized carbons (Fsp3) is 0.882. The molecule has 0 saturated heterocycles. The molecular weight excluding hydrogens is 225 g/mol. The number of allylic oxidation sites excluding steroid dienone is 1. The van der Waals surface area contributed by atoms with Crippen molar-refractivity contribution in [3.63, 3.8) is 0 Å². The van der Waals surface area contributed by atoms with Crippen LogP contribution in [0.2, 0.25) is 5.09 Å². The van der Waals surface area contributed by atoms with Crippen molar-refractivity contribution in [1.82, 2.24) is 4.90 Å². The van der Waals surface area contributed by atoms with Gasteiger partial charge in [0.1, 0.15) is 0 Å². The molecule has 0 aromatic rings. The molecule has 2 heteroatoms. The first kappa shape index (κ1) is 19.3. The Hall–Kier alpha value is 0.297. The second-order valence-corrected chi connectivity index (χ2v) is 5.83. The summed E-state index contributed by atoms with van der Waals surface area (Å²) in [4.78, 5) is 2.66. The van der Waals surface area contributed by atoms with E-state index < -0.39 is 0 Å². The maximum atomic E-state index is 2.66. The summed E-state index contributed by atoms with van der Waals surface area (Å²) >= 11 is 2.25. The van der Waals surface area contributed by atoms with E-state index in [0.717, 1.165) is 6.54 Å². The van der Waals surface area contributed by atoms with E-state index in [-0.39, 0.29) is 0 Å². The Labute approximate surface area is 131 Å². The number of unbranched alkanes of at least 4 members (excludes halogenated alkanes) is 6. The molecule has 0 aliphatic carbocycles. The zero-order valence-corrected chi connectivity index (χ0v) is 14.0. The fourth-order valence-electron chi connectivity index (χ4n) is 2.25. The fourth-order valence-corrected chi connectivity index (χ4v) is 2.25. The monoisotopic (exact) mass is 259 g/mol. The Morgan fingerprint density at radius 3 is 1.84 bits per heavy atom. The van der Waals surface area contributed by atoms with Gasteiger partial charge in [0.15, 0.2) is 0 Å². The molecule has 0 spiro atoms. The summed E-state index contributed by atoms with van der Waals surface area (Å²) in [5, 5.41) is 1.19. The summed E-state index contributed by atoms with van der Waals surface area (Å²) in [6.45, 7) is 10.6. The molecule has 0 rings (SSSR count). The number of nitrogens with zero attached hydrogens (tertiary/aromatic N) is 1. The average molecular weight is 259 g/mol. The van der Waals surface area contributed by atoms with Crippen LogP contribution < -0.4 is 0 Å². The van der Waals surface area contributed by atoms with Crippen LogP contribution in [-0.4, -0.2) is 42.2 Å². The molecule has 0 bridgehead atoms. The molecule has 108 valence electrons. The van der Waals surface area contributed by atoms with Crippen LogP contribution >= 0.6 is 0 Å². The van der Waals surface area contributed by atoms with Gasteiger partial charge in [-0.25, -0.2) is 0 Å². The minimum absolute atomic E-state index is 1.16. The van der Waals surface area contributed by atoms with Gasteiger partial charge in [0.2, 0.25) is 0 Å². The average Bonchev–Trinajstić information content (AvgIpc) is 2.44. The van der Waals surface area contributed by atoms with E-state index in [4.69, 9.17) is 0 Å². The molecule has 0 aromatic carbocycles. The van der Waals surface area contributed by atoms with E-state index in [0.29, 0.717) is 0 Å². The first-order valence-corrected chi connectivity index (χ1v) is 8.62. The Bertz CT molecular complexity index is 201. The summed E-state index contributed by atoms with van der Waals surface area (Å²) in [6, 6.07) is 0. The molecule has 0 atom stereocenters. The Balaban J connectivity index is 3.92. The van der Waals surface area contributed by atoms with Crippen LogP contribution in [0, 0.1) is 0 Å². The van der Waals surface area contributed by atoms with Crippen LogP contribution in [0.4, 0.5) is 0 Å². The van der Waals surface area contributed by atoms with Gasteiger partial charge in [-0.3, -0.25) is 0 Å². The molecule has 1 nitrogen and oxygen atoms in total. The molecule has 0 aliphatic rings. The van der Waals surface area contributed by atoms with Crippen LogP contribution in [0.15, 0.2) is 11.6 Å². The molecule has 0 amide bonds. The van der Waals surface area contributed by atoms with Gasteiger partial charge in [-0.05, 0) is 0 Å². The van der Waals surface area contributed by atoms with Gasteiger partial charge >= 0.3 is 131 Å². The standard InChI is InChI=1S/C17H34N.Li/c1-5-7-9-11-14-18(16-13-17(3)4)15-12-10-8-6-2;/h13H,3,5-12,14-16H2,1-2,4H3;/b17-13-;. The summed E-state index contributed by atoms with van der Waals surface area (Å²) in [7, 11) is 0. The first-order valence-electron chi connectivity index (χ1n) is 8.62. The van der Waals surface area contributed by atoms with Crippen molar-refractivity contribution in [2.75, 3.05) is 19.6 Å². The number of rotatable bonds is 13. The van der Waals surface area contributed by atoms with E-state index in [1.807, 2.05) is 0 Å². The zero-order chi connectivity index (χ0) is 14.3. The van der Waals surface area contributed by atoms with Gasteiger partial charge in [0, 0.05) is 0 Å². The first-order chi connectivity index (χ1) is 9.24. The van der Waals surface area contributed by atoms with E-state index in [1.165, 1.54) is 75.1 Å². The molecule has 0 heterocycles. The van der Waals surface area contributed by atoms with Gasteiger partial charge in [0.05, 0.1) is 0 Å². The number of hydrogen-bond donors (Lipinski definition) is 0.